The largest absolute Gasteiger partial charge is 0.494 e. The minimum absolute atomic E-state index is 0.0521. The number of methoxy groups -OCH3 is 1. The highest BCUT2D eigenvalue weighted by Crippen LogP contribution is 2.21. The first-order valence-electron chi connectivity index (χ1n) is 7.17. The van der Waals surface area contributed by atoms with Crippen molar-refractivity contribution in [3.63, 3.8) is 0 Å². The molecule has 0 aliphatic carbocycles. The maximum absolute atomic E-state index is 13.7. The number of hydrogen-bond donors (Lipinski definition) is 2. The number of rotatable bonds is 6. The molecule has 2 atom stereocenters. The number of amides is 2. The molecule has 0 aliphatic heterocycles. The lowest BCUT2D eigenvalue weighted by Crippen LogP contribution is -2.49. The van der Waals surface area contributed by atoms with Gasteiger partial charge in [0.25, 0.3) is 0 Å². The second-order valence-electron chi connectivity index (χ2n) is 5.55. The lowest BCUT2D eigenvalue weighted by Gasteiger charge is -2.23. The molecule has 0 radical (unpaired) electrons. The normalized spacial score (nSPS) is 13.4. The Kier molecular flexibility index (Phi) is 6.34. The summed E-state index contributed by atoms with van der Waals surface area (Å²) in [5.74, 6) is -0.946. The monoisotopic (exact) mass is 310 g/mol. The minimum atomic E-state index is -0.622. The Labute approximate surface area is 130 Å². The summed E-state index contributed by atoms with van der Waals surface area (Å²) in [6, 6.07) is 3.52. The average molecular weight is 310 g/mol. The number of nitrogens with one attached hydrogen (secondary N) is 2. The lowest BCUT2D eigenvalue weighted by atomic mass is 10.0. The number of halogens is 1. The fourth-order valence-electron chi connectivity index (χ4n) is 2.09. The highest BCUT2D eigenvalue weighted by Gasteiger charge is 2.24. The van der Waals surface area contributed by atoms with Gasteiger partial charge in [-0.2, -0.15) is 0 Å². The van der Waals surface area contributed by atoms with Crippen molar-refractivity contribution >= 4 is 11.8 Å². The molecule has 2 N–H and O–H groups in total. The summed E-state index contributed by atoms with van der Waals surface area (Å²) >= 11 is 0. The molecule has 0 fully saturated rings. The molecule has 0 bridgehead atoms. The number of carbonyl (C=O) groups is 2. The van der Waals surface area contributed by atoms with Crippen molar-refractivity contribution in [2.24, 2.45) is 5.92 Å². The molecule has 0 saturated heterocycles. The summed E-state index contributed by atoms with van der Waals surface area (Å²) in [6.07, 6.45) is 0. The van der Waals surface area contributed by atoms with Gasteiger partial charge in [0.1, 0.15) is 6.04 Å². The van der Waals surface area contributed by atoms with Gasteiger partial charge in [0.15, 0.2) is 11.6 Å². The summed E-state index contributed by atoms with van der Waals surface area (Å²) in [6.45, 7) is 6.81. The first kappa shape index (κ1) is 17.9. The van der Waals surface area contributed by atoms with Crippen LogP contribution in [-0.2, 0) is 9.59 Å². The van der Waals surface area contributed by atoms with E-state index in [1.54, 1.807) is 13.0 Å². The van der Waals surface area contributed by atoms with Crippen molar-refractivity contribution in [1.82, 2.24) is 10.6 Å². The molecule has 6 heteroatoms. The quantitative estimate of drug-likeness (QED) is 0.846. The molecule has 1 rings (SSSR count). The van der Waals surface area contributed by atoms with Crippen LogP contribution in [-0.4, -0.2) is 25.0 Å². The smallest absolute Gasteiger partial charge is 0.243 e. The Morgan fingerprint density at radius 2 is 1.82 bits per heavy atom. The van der Waals surface area contributed by atoms with Gasteiger partial charge in [-0.05, 0) is 30.5 Å². The van der Waals surface area contributed by atoms with Gasteiger partial charge in [-0.25, -0.2) is 4.39 Å². The van der Waals surface area contributed by atoms with Gasteiger partial charge in [0.2, 0.25) is 11.8 Å². The number of carbonyl (C=O) groups excluding carboxylic acids is 2. The Balaban J connectivity index is 2.81. The summed E-state index contributed by atoms with van der Waals surface area (Å²) in [5.41, 5.74) is 0.622. The van der Waals surface area contributed by atoms with Crippen LogP contribution in [0.15, 0.2) is 18.2 Å². The van der Waals surface area contributed by atoms with Crippen molar-refractivity contribution in [2.75, 3.05) is 7.11 Å². The third-order valence-corrected chi connectivity index (χ3v) is 3.34. The fraction of sp³-hybridized carbons (Fsp3) is 0.500. The van der Waals surface area contributed by atoms with Crippen LogP contribution in [0.2, 0.25) is 0 Å². The van der Waals surface area contributed by atoms with E-state index in [1.165, 1.54) is 26.2 Å². The number of ether oxygens (including phenoxy) is 1. The first-order chi connectivity index (χ1) is 10.3. The molecule has 1 aromatic rings. The fourth-order valence-corrected chi connectivity index (χ4v) is 2.09. The van der Waals surface area contributed by atoms with Crippen LogP contribution < -0.4 is 15.4 Å². The highest BCUT2D eigenvalue weighted by molar-refractivity contribution is 5.87. The van der Waals surface area contributed by atoms with Crippen molar-refractivity contribution in [3.05, 3.63) is 29.6 Å². The molecule has 1 aromatic carbocycles. The van der Waals surface area contributed by atoms with E-state index in [0.29, 0.717) is 5.56 Å². The van der Waals surface area contributed by atoms with E-state index in [0.717, 1.165) is 0 Å². The van der Waals surface area contributed by atoms with Gasteiger partial charge in [0, 0.05) is 6.92 Å². The van der Waals surface area contributed by atoms with Crippen molar-refractivity contribution in [1.29, 1.82) is 0 Å². The predicted octanol–water partition coefficient (Wildman–Crippen LogP) is 2.17. The molecule has 0 aromatic heterocycles. The molecular formula is C16H23FN2O3. The highest BCUT2D eigenvalue weighted by atomic mass is 19.1. The zero-order chi connectivity index (χ0) is 16.9. The molecule has 0 spiro atoms. The summed E-state index contributed by atoms with van der Waals surface area (Å²) in [4.78, 5) is 23.4. The minimum Gasteiger partial charge on any atom is -0.494 e. The topological polar surface area (TPSA) is 67.4 Å². The standard InChI is InChI=1S/C16H23FN2O3/c1-9(2)15(19-11(4)20)16(21)18-10(3)12-6-7-14(22-5)13(17)8-12/h6-10,15H,1-5H3,(H,18,21)(H,19,20)/t10-,15+/m1/s1. The van der Waals surface area contributed by atoms with Gasteiger partial charge >= 0.3 is 0 Å². The number of benzene rings is 1. The Morgan fingerprint density at radius 1 is 1.18 bits per heavy atom. The van der Waals surface area contributed by atoms with Crippen LogP contribution in [0, 0.1) is 11.7 Å². The number of hydrogen-bond acceptors (Lipinski definition) is 3. The molecular weight excluding hydrogens is 287 g/mol. The van der Waals surface area contributed by atoms with Gasteiger partial charge in [-0.3, -0.25) is 9.59 Å². The van der Waals surface area contributed by atoms with Gasteiger partial charge in [-0.15, -0.1) is 0 Å². The summed E-state index contributed by atoms with van der Waals surface area (Å²) in [7, 11) is 1.39. The van der Waals surface area contributed by atoms with Crippen LogP contribution in [0.25, 0.3) is 0 Å². The van der Waals surface area contributed by atoms with E-state index in [4.69, 9.17) is 4.74 Å². The zero-order valence-corrected chi connectivity index (χ0v) is 13.6. The van der Waals surface area contributed by atoms with Crippen molar-refractivity contribution < 1.29 is 18.7 Å². The maximum atomic E-state index is 13.7. The maximum Gasteiger partial charge on any atom is 0.243 e. The molecule has 2 amide bonds. The van der Waals surface area contributed by atoms with Gasteiger partial charge in [0.05, 0.1) is 13.2 Å². The SMILES string of the molecule is COc1ccc([C@@H](C)NC(=O)[C@@H](NC(C)=O)C(C)C)cc1F. The molecule has 0 aliphatic rings. The van der Waals surface area contributed by atoms with Crippen LogP contribution in [0.4, 0.5) is 4.39 Å². The van der Waals surface area contributed by atoms with E-state index < -0.39 is 11.9 Å². The van der Waals surface area contributed by atoms with Gasteiger partial charge in [-0.1, -0.05) is 19.9 Å². The average Bonchev–Trinajstić information content (AvgIpc) is 2.43. The molecule has 5 nitrogen and oxygen atoms in total. The summed E-state index contributed by atoms with van der Waals surface area (Å²) in [5, 5.41) is 5.41. The molecule has 0 heterocycles. The van der Waals surface area contributed by atoms with E-state index in [1.807, 2.05) is 13.8 Å². The molecule has 0 unspecified atom stereocenters. The summed E-state index contributed by atoms with van der Waals surface area (Å²) < 4.78 is 18.6. The van der Waals surface area contributed by atoms with E-state index in [9.17, 15) is 14.0 Å². The van der Waals surface area contributed by atoms with Gasteiger partial charge < -0.3 is 15.4 Å². The van der Waals surface area contributed by atoms with Crippen molar-refractivity contribution in [3.8, 4) is 5.75 Å². The van der Waals surface area contributed by atoms with E-state index in [-0.39, 0.29) is 29.5 Å². The third kappa shape index (κ3) is 4.72. The Hall–Kier alpha value is -2.11. The van der Waals surface area contributed by atoms with E-state index >= 15 is 0 Å². The Bertz CT molecular complexity index is 546. The molecule has 122 valence electrons. The van der Waals surface area contributed by atoms with E-state index in [2.05, 4.69) is 10.6 Å². The third-order valence-electron chi connectivity index (χ3n) is 3.34. The van der Waals surface area contributed by atoms with Crippen LogP contribution in [0.5, 0.6) is 5.75 Å². The predicted molar refractivity (Wildman–Crippen MR) is 82.0 cm³/mol. The molecule has 0 saturated carbocycles. The molecule has 22 heavy (non-hydrogen) atoms. The van der Waals surface area contributed by atoms with Crippen molar-refractivity contribution in [2.45, 2.75) is 39.8 Å². The van der Waals surface area contributed by atoms with Crippen LogP contribution in [0.3, 0.4) is 0 Å². The first-order valence-corrected chi connectivity index (χ1v) is 7.17. The Morgan fingerprint density at radius 3 is 2.27 bits per heavy atom. The zero-order valence-electron chi connectivity index (χ0n) is 13.6. The second kappa shape index (κ2) is 7.77. The van der Waals surface area contributed by atoms with Crippen LogP contribution in [0.1, 0.15) is 39.3 Å². The van der Waals surface area contributed by atoms with Crippen LogP contribution >= 0.6 is 0 Å². The lowest BCUT2D eigenvalue weighted by molar-refractivity contribution is -0.129. The second-order valence-corrected chi connectivity index (χ2v) is 5.55.